The summed E-state index contributed by atoms with van der Waals surface area (Å²) in [6.45, 7) is 5.51. The van der Waals surface area contributed by atoms with E-state index in [9.17, 15) is 0 Å². The fourth-order valence-corrected chi connectivity index (χ4v) is 1.98. The molecule has 2 aromatic rings. The van der Waals surface area contributed by atoms with E-state index in [1.807, 2.05) is 24.3 Å². The summed E-state index contributed by atoms with van der Waals surface area (Å²) in [6, 6.07) is 7.78. The van der Waals surface area contributed by atoms with Gasteiger partial charge in [0.05, 0.1) is 12.1 Å². The average molecular weight is 322 g/mol. The summed E-state index contributed by atoms with van der Waals surface area (Å²) < 4.78 is 6.57. The number of allylic oxidation sites excluding steroid dienone is 1. The van der Waals surface area contributed by atoms with Gasteiger partial charge in [-0.25, -0.2) is 0 Å². The predicted octanol–water partition coefficient (Wildman–Crippen LogP) is 3.55. The first-order valence-corrected chi connectivity index (χ1v) is 6.87. The fourth-order valence-electron chi connectivity index (χ4n) is 1.52. The van der Waals surface area contributed by atoms with Crippen molar-refractivity contribution in [3.05, 3.63) is 46.3 Å². The van der Waals surface area contributed by atoms with Crippen LogP contribution in [0.2, 0.25) is 0 Å². The van der Waals surface area contributed by atoms with Crippen LogP contribution in [0.25, 0.3) is 11.5 Å². The van der Waals surface area contributed by atoms with Gasteiger partial charge in [-0.2, -0.15) is 0 Å². The third-order valence-electron chi connectivity index (χ3n) is 2.50. The molecule has 0 saturated heterocycles. The molecule has 2 rings (SSSR count). The van der Waals surface area contributed by atoms with Gasteiger partial charge in [0.2, 0.25) is 11.8 Å². The van der Waals surface area contributed by atoms with Crippen LogP contribution in [0, 0.1) is 0 Å². The van der Waals surface area contributed by atoms with Crippen molar-refractivity contribution in [3.8, 4) is 11.5 Å². The van der Waals surface area contributed by atoms with E-state index in [4.69, 9.17) is 4.42 Å². The zero-order valence-electron chi connectivity index (χ0n) is 11.0. The van der Waals surface area contributed by atoms with Gasteiger partial charge in [0.25, 0.3) is 0 Å². The highest BCUT2D eigenvalue weighted by atomic mass is 79.9. The van der Waals surface area contributed by atoms with Crippen LogP contribution in [-0.2, 0) is 6.54 Å². The van der Waals surface area contributed by atoms with E-state index < -0.39 is 0 Å². The van der Waals surface area contributed by atoms with Crippen molar-refractivity contribution in [2.45, 2.75) is 20.4 Å². The van der Waals surface area contributed by atoms with E-state index in [-0.39, 0.29) is 0 Å². The number of hydrogen-bond acceptors (Lipinski definition) is 4. The molecule has 1 aromatic heterocycles. The molecule has 100 valence electrons. The largest absolute Gasteiger partial charge is 0.419 e. The van der Waals surface area contributed by atoms with Crippen LogP contribution < -0.4 is 5.32 Å². The quantitative estimate of drug-likeness (QED) is 0.675. The molecule has 0 unspecified atom stereocenters. The Labute approximate surface area is 121 Å². The fraction of sp³-hybridized carbons (Fsp3) is 0.286. The van der Waals surface area contributed by atoms with E-state index >= 15 is 0 Å². The minimum Gasteiger partial charge on any atom is -0.419 e. The van der Waals surface area contributed by atoms with Crippen LogP contribution in [0.3, 0.4) is 0 Å². The van der Waals surface area contributed by atoms with Crippen molar-refractivity contribution in [2.75, 3.05) is 6.54 Å². The van der Waals surface area contributed by atoms with Crippen molar-refractivity contribution in [1.82, 2.24) is 15.5 Å². The Balaban J connectivity index is 2.00. The van der Waals surface area contributed by atoms with Gasteiger partial charge in [0, 0.05) is 11.0 Å². The van der Waals surface area contributed by atoms with Crippen LogP contribution in [0.5, 0.6) is 0 Å². The van der Waals surface area contributed by atoms with Crippen molar-refractivity contribution in [3.63, 3.8) is 0 Å². The van der Waals surface area contributed by atoms with Crippen LogP contribution in [0.1, 0.15) is 19.7 Å². The normalized spacial score (nSPS) is 10.5. The molecule has 0 aliphatic carbocycles. The Morgan fingerprint density at radius 2 is 2.11 bits per heavy atom. The molecule has 0 amide bonds. The Morgan fingerprint density at radius 3 is 2.84 bits per heavy atom. The summed E-state index contributed by atoms with van der Waals surface area (Å²) >= 11 is 3.47. The molecule has 4 nitrogen and oxygen atoms in total. The lowest BCUT2D eigenvalue weighted by Crippen LogP contribution is -2.13. The summed E-state index contributed by atoms with van der Waals surface area (Å²) in [6.07, 6.45) is 2.12. The first-order valence-electron chi connectivity index (χ1n) is 6.08. The zero-order valence-corrected chi connectivity index (χ0v) is 12.6. The van der Waals surface area contributed by atoms with Gasteiger partial charge in [-0.15, -0.1) is 10.2 Å². The number of rotatable bonds is 5. The van der Waals surface area contributed by atoms with E-state index in [0.29, 0.717) is 18.3 Å². The molecule has 0 bridgehead atoms. The SMILES string of the molecule is CC(C)=CCNCc1nnc(-c2ccccc2Br)o1. The van der Waals surface area contributed by atoms with Crippen molar-refractivity contribution >= 4 is 15.9 Å². The number of halogens is 1. The highest BCUT2D eigenvalue weighted by Crippen LogP contribution is 2.26. The molecular weight excluding hydrogens is 306 g/mol. The lowest BCUT2D eigenvalue weighted by atomic mass is 10.2. The van der Waals surface area contributed by atoms with Gasteiger partial charge in [-0.1, -0.05) is 23.8 Å². The average Bonchev–Trinajstić information content (AvgIpc) is 2.83. The predicted molar refractivity (Wildman–Crippen MR) is 78.6 cm³/mol. The molecule has 0 spiro atoms. The van der Waals surface area contributed by atoms with Gasteiger partial charge in [-0.05, 0) is 41.9 Å². The molecule has 0 saturated carbocycles. The van der Waals surface area contributed by atoms with Crippen LogP contribution in [0.15, 0.2) is 44.8 Å². The maximum atomic E-state index is 5.62. The van der Waals surface area contributed by atoms with E-state index in [0.717, 1.165) is 16.6 Å². The zero-order chi connectivity index (χ0) is 13.7. The van der Waals surface area contributed by atoms with Gasteiger partial charge in [0.15, 0.2) is 0 Å². The summed E-state index contributed by atoms with van der Waals surface area (Å²) in [4.78, 5) is 0. The third-order valence-corrected chi connectivity index (χ3v) is 3.19. The molecule has 0 radical (unpaired) electrons. The molecule has 19 heavy (non-hydrogen) atoms. The van der Waals surface area contributed by atoms with Crippen molar-refractivity contribution in [2.24, 2.45) is 0 Å². The number of aromatic nitrogens is 2. The molecule has 1 N–H and O–H groups in total. The second kappa shape index (κ2) is 6.63. The lowest BCUT2D eigenvalue weighted by molar-refractivity contribution is 0.485. The van der Waals surface area contributed by atoms with E-state index in [1.165, 1.54) is 5.57 Å². The Hall–Kier alpha value is -1.46. The minimum atomic E-state index is 0.534. The van der Waals surface area contributed by atoms with Gasteiger partial charge in [-0.3, -0.25) is 0 Å². The van der Waals surface area contributed by atoms with Crippen LogP contribution in [-0.4, -0.2) is 16.7 Å². The topological polar surface area (TPSA) is 51.0 Å². The summed E-state index contributed by atoms with van der Waals surface area (Å²) in [5.41, 5.74) is 2.19. The molecule has 0 fully saturated rings. The van der Waals surface area contributed by atoms with Crippen molar-refractivity contribution in [1.29, 1.82) is 0 Å². The maximum absolute atomic E-state index is 5.62. The van der Waals surface area contributed by atoms with Gasteiger partial charge in [0.1, 0.15) is 0 Å². The number of nitrogens with one attached hydrogen (secondary N) is 1. The van der Waals surface area contributed by atoms with Gasteiger partial charge >= 0.3 is 0 Å². The molecule has 1 aromatic carbocycles. The van der Waals surface area contributed by atoms with Crippen LogP contribution in [0.4, 0.5) is 0 Å². The second-order valence-electron chi connectivity index (χ2n) is 4.39. The summed E-state index contributed by atoms with van der Waals surface area (Å²) in [5.74, 6) is 1.12. The number of hydrogen-bond donors (Lipinski definition) is 1. The first-order chi connectivity index (χ1) is 9.16. The maximum Gasteiger partial charge on any atom is 0.248 e. The Bertz CT molecular complexity index is 574. The highest BCUT2D eigenvalue weighted by Gasteiger charge is 2.10. The first kappa shape index (κ1) is 14.0. The summed E-state index contributed by atoms with van der Waals surface area (Å²) in [5, 5.41) is 11.3. The van der Waals surface area contributed by atoms with E-state index in [2.05, 4.69) is 51.4 Å². The smallest absolute Gasteiger partial charge is 0.248 e. The van der Waals surface area contributed by atoms with Gasteiger partial charge < -0.3 is 9.73 Å². The molecular formula is C14H16BrN3O. The summed E-state index contributed by atoms with van der Waals surface area (Å²) in [7, 11) is 0. The molecule has 1 heterocycles. The third kappa shape index (κ3) is 4.01. The standard InChI is InChI=1S/C14H16BrN3O/c1-10(2)7-8-16-9-13-17-18-14(19-13)11-5-3-4-6-12(11)15/h3-7,16H,8-9H2,1-2H3. The molecule has 0 atom stereocenters. The lowest BCUT2D eigenvalue weighted by Gasteiger charge is -1.98. The molecule has 5 heteroatoms. The van der Waals surface area contributed by atoms with E-state index in [1.54, 1.807) is 0 Å². The van der Waals surface area contributed by atoms with Crippen molar-refractivity contribution < 1.29 is 4.42 Å². The Kier molecular flexibility index (Phi) is 4.87. The monoisotopic (exact) mass is 321 g/mol. The number of nitrogens with zero attached hydrogens (tertiary/aromatic N) is 2. The molecule has 0 aliphatic heterocycles. The highest BCUT2D eigenvalue weighted by molar-refractivity contribution is 9.10. The second-order valence-corrected chi connectivity index (χ2v) is 5.25. The Morgan fingerprint density at radius 1 is 1.32 bits per heavy atom. The minimum absolute atomic E-state index is 0.534. The van der Waals surface area contributed by atoms with Crippen LogP contribution >= 0.6 is 15.9 Å². The molecule has 0 aliphatic rings. The number of benzene rings is 1.